The first-order chi connectivity index (χ1) is 7.09. The molecule has 0 radical (unpaired) electrons. The Kier molecular flexibility index (Phi) is 2.69. The van der Waals surface area contributed by atoms with Gasteiger partial charge in [-0.15, -0.1) is 0 Å². The van der Waals surface area contributed by atoms with Gasteiger partial charge >= 0.3 is 0 Å². The second kappa shape index (κ2) is 3.85. The first kappa shape index (κ1) is 10.5. The van der Waals surface area contributed by atoms with Crippen LogP contribution in [0.25, 0.3) is 0 Å². The third kappa shape index (κ3) is 1.86. The zero-order chi connectivity index (χ0) is 11.0. The topological polar surface area (TPSA) is 38.1 Å². The summed E-state index contributed by atoms with van der Waals surface area (Å²) in [5.74, 6) is 0.856. The number of rotatable bonds is 1. The summed E-state index contributed by atoms with van der Waals surface area (Å²) in [4.78, 5) is 13.6. The highest BCUT2D eigenvalue weighted by atomic mass is 35.5. The lowest BCUT2D eigenvalue weighted by Crippen LogP contribution is -2.31. The third-order valence-electron chi connectivity index (χ3n) is 2.88. The molecule has 1 aromatic heterocycles. The van der Waals surface area contributed by atoms with Crippen LogP contribution in [0.15, 0.2) is 10.9 Å². The van der Waals surface area contributed by atoms with E-state index in [4.69, 9.17) is 11.6 Å². The molecule has 15 heavy (non-hydrogen) atoms. The number of halogens is 1. The molecule has 1 aromatic rings. The summed E-state index contributed by atoms with van der Waals surface area (Å²) in [7, 11) is 1.81. The molecule has 0 saturated carbocycles. The summed E-state index contributed by atoms with van der Waals surface area (Å²) in [6.45, 7) is 3.14. The Morgan fingerprint density at radius 2 is 2.33 bits per heavy atom. The molecule has 5 heteroatoms. The Balaban J connectivity index is 2.44. The normalized spacial score (nSPS) is 21.0. The molecule has 0 bridgehead atoms. The van der Waals surface area contributed by atoms with Gasteiger partial charge in [-0.1, -0.05) is 11.6 Å². The second-order valence-corrected chi connectivity index (χ2v) is 4.32. The summed E-state index contributed by atoms with van der Waals surface area (Å²) < 4.78 is 1.67. The molecule has 0 aromatic carbocycles. The quantitative estimate of drug-likeness (QED) is 0.729. The molecule has 1 fully saturated rings. The highest BCUT2D eigenvalue weighted by Gasteiger charge is 2.22. The van der Waals surface area contributed by atoms with Gasteiger partial charge in [0.1, 0.15) is 5.82 Å². The number of aromatic nitrogens is 2. The molecule has 4 nitrogen and oxygen atoms in total. The summed E-state index contributed by atoms with van der Waals surface area (Å²) in [6.07, 6.45) is 2.33. The van der Waals surface area contributed by atoms with E-state index < -0.39 is 0 Å². The molecular formula is C10H14ClN3O. The predicted octanol–water partition coefficient (Wildman–Crippen LogP) is 1.42. The van der Waals surface area contributed by atoms with Crippen molar-refractivity contribution in [3.8, 4) is 0 Å². The van der Waals surface area contributed by atoms with Crippen molar-refractivity contribution in [3.05, 3.63) is 21.4 Å². The van der Waals surface area contributed by atoms with Crippen LogP contribution in [-0.2, 0) is 7.05 Å². The van der Waals surface area contributed by atoms with E-state index in [1.807, 2.05) is 7.05 Å². The molecule has 1 unspecified atom stereocenters. The molecule has 0 spiro atoms. The minimum atomic E-state index is -0.205. The minimum absolute atomic E-state index is 0.0353. The van der Waals surface area contributed by atoms with Crippen molar-refractivity contribution in [2.45, 2.75) is 25.8 Å². The van der Waals surface area contributed by atoms with Gasteiger partial charge in [0, 0.05) is 25.7 Å². The zero-order valence-electron chi connectivity index (χ0n) is 8.90. The largest absolute Gasteiger partial charge is 0.354 e. The predicted molar refractivity (Wildman–Crippen MR) is 60.5 cm³/mol. The second-order valence-electron chi connectivity index (χ2n) is 3.97. The van der Waals surface area contributed by atoms with Crippen LogP contribution in [0.3, 0.4) is 0 Å². The van der Waals surface area contributed by atoms with Crippen molar-refractivity contribution in [3.63, 3.8) is 0 Å². The maximum atomic E-state index is 11.4. The van der Waals surface area contributed by atoms with E-state index in [-0.39, 0.29) is 10.6 Å². The number of aryl methyl sites for hydroxylation is 1. The number of hydrogen-bond donors (Lipinski definition) is 0. The summed E-state index contributed by atoms with van der Waals surface area (Å²) >= 11 is 5.67. The van der Waals surface area contributed by atoms with Gasteiger partial charge in [-0.25, -0.2) is 0 Å². The maximum Gasteiger partial charge on any atom is 0.221 e. The Labute approximate surface area is 93.5 Å². The van der Waals surface area contributed by atoms with Crippen molar-refractivity contribution in [2.75, 3.05) is 11.4 Å². The summed E-state index contributed by atoms with van der Waals surface area (Å²) in [6, 6.07) is 2.04. The number of anilines is 1. The van der Waals surface area contributed by atoms with Crippen LogP contribution < -0.4 is 10.3 Å². The molecule has 1 aliphatic rings. The fourth-order valence-electron chi connectivity index (χ4n) is 2.04. The van der Waals surface area contributed by atoms with Crippen molar-refractivity contribution in [1.82, 2.24) is 9.78 Å². The first-order valence-electron chi connectivity index (χ1n) is 5.10. The third-order valence-corrected chi connectivity index (χ3v) is 3.14. The Morgan fingerprint density at radius 3 is 2.93 bits per heavy atom. The minimum Gasteiger partial charge on any atom is -0.354 e. The SMILES string of the molecule is CC1CCCN1c1cc(=O)c(Cl)nn1C. The molecule has 2 rings (SSSR count). The van der Waals surface area contributed by atoms with E-state index >= 15 is 0 Å². The average Bonchev–Trinajstić information content (AvgIpc) is 2.58. The van der Waals surface area contributed by atoms with E-state index in [1.54, 1.807) is 10.7 Å². The van der Waals surface area contributed by atoms with Gasteiger partial charge in [0.25, 0.3) is 0 Å². The van der Waals surface area contributed by atoms with Gasteiger partial charge in [0.2, 0.25) is 5.43 Å². The molecule has 0 amide bonds. The van der Waals surface area contributed by atoms with Gasteiger partial charge in [-0.3, -0.25) is 9.48 Å². The molecule has 1 saturated heterocycles. The molecule has 82 valence electrons. The molecule has 0 N–H and O–H groups in total. The molecule has 2 heterocycles. The van der Waals surface area contributed by atoms with Gasteiger partial charge in [0.15, 0.2) is 5.15 Å². The molecular weight excluding hydrogens is 214 g/mol. The number of hydrogen-bond acceptors (Lipinski definition) is 3. The van der Waals surface area contributed by atoms with E-state index in [0.29, 0.717) is 6.04 Å². The van der Waals surface area contributed by atoms with E-state index in [1.165, 1.54) is 0 Å². The van der Waals surface area contributed by atoms with Crippen molar-refractivity contribution >= 4 is 17.4 Å². The standard InChI is InChI=1S/C10H14ClN3O/c1-7-4-3-5-14(7)9-6-8(15)10(11)12-13(9)2/h6-7H,3-5H2,1-2H3. The van der Waals surface area contributed by atoms with Gasteiger partial charge < -0.3 is 4.90 Å². The lowest BCUT2D eigenvalue weighted by molar-refractivity contribution is 0.662. The Hall–Kier alpha value is -1.03. The fraction of sp³-hybridized carbons (Fsp3) is 0.600. The van der Waals surface area contributed by atoms with E-state index in [0.717, 1.165) is 25.2 Å². The molecule has 1 aliphatic heterocycles. The highest BCUT2D eigenvalue weighted by molar-refractivity contribution is 6.29. The number of nitrogens with zero attached hydrogens (tertiary/aromatic N) is 3. The van der Waals surface area contributed by atoms with E-state index in [9.17, 15) is 4.79 Å². The van der Waals surface area contributed by atoms with Crippen LogP contribution in [0.2, 0.25) is 5.15 Å². The van der Waals surface area contributed by atoms with Gasteiger partial charge in [0.05, 0.1) is 0 Å². The monoisotopic (exact) mass is 227 g/mol. The van der Waals surface area contributed by atoms with Gasteiger partial charge in [-0.2, -0.15) is 5.10 Å². The summed E-state index contributed by atoms with van der Waals surface area (Å²) in [5.41, 5.74) is -0.205. The maximum absolute atomic E-state index is 11.4. The van der Waals surface area contributed by atoms with Crippen LogP contribution >= 0.6 is 11.6 Å². The summed E-state index contributed by atoms with van der Waals surface area (Å²) in [5, 5.41) is 4.02. The zero-order valence-corrected chi connectivity index (χ0v) is 9.66. The van der Waals surface area contributed by atoms with Crippen LogP contribution in [0.4, 0.5) is 5.82 Å². The van der Waals surface area contributed by atoms with Crippen LogP contribution in [-0.4, -0.2) is 22.4 Å². The van der Waals surface area contributed by atoms with E-state index in [2.05, 4.69) is 16.9 Å². The lowest BCUT2D eigenvalue weighted by Gasteiger charge is -2.25. The lowest BCUT2D eigenvalue weighted by atomic mass is 10.2. The molecule has 1 atom stereocenters. The van der Waals surface area contributed by atoms with Crippen LogP contribution in [0, 0.1) is 0 Å². The van der Waals surface area contributed by atoms with Crippen molar-refractivity contribution in [2.24, 2.45) is 7.05 Å². The first-order valence-corrected chi connectivity index (χ1v) is 5.48. The highest BCUT2D eigenvalue weighted by Crippen LogP contribution is 2.23. The molecule has 0 aliphatic carbocycles. The smallest absolute Gasteiger partial charge is 0.221 e. The average molecular weight is 228 g/mol. The Morgan fingerprint density at radius 1 is 1.60 bits per heavy atom. The Bertz CT molecular complexity index is 429. The van der Waals surface area contributed by atoms with Gasteiger partial charge in [-0.05, 0) is 19.8 Å². The van der Waals surface area contributed by atoms with Crippen molar-refractivity contribution in [1.29, 1.82) is 0 Å². The van der Waals surface area contributed by atoms with Crippen LogP contribution in [0.1, 0.15) is 19.8 Å². The van der Waals surface area contributed by atoms with Crippen molar-refractivity contribution < 1.29 is 0 Å². The fourth-order valence-corrected chi connectivity index (χ4v) is 2.21. The van der Waals surface area contributed by atoms with Crippen LogP contribution in [0.5, 0.6) is 0 Å².